The Hall–Kier alpha value is -2.81. The van der Waals surface area contributed by atoms with E-state index in [1.165, 1.54) is 11.8 Å². The smallest absolute Gasteiger partial charge is 0.331 e. The van der Waals surface area contributed by atoms with E-state index >= 15 is 0 Å². The van der Waals surface area contributed by atoms with Crippen LogP contribution in [0.1, 0.15) is 57.4 Å². The van der Waals surface area contributed by atoms with E-state index < -0.39 is 11.8 Å². The first kappa shape index (κ1) is 31.7. The molecule has 1 amide bonds. The van der Waals surface area contributed by atoms with E-state index in [4.69, 9.17) is 14.2 Å². The molecule has 218 valence electrons. The van der Waals surface area contributed by atoms with Crippen LogP contribution in [-0.4, -0.2) is 59.1 Å². The molecule has 0 aliphatic carbocycles. The standard InChI is InChI=1S/C32H43NO6S/c1-6-8-10-12-13-23(3)29(30(34)35)25-19-27(14-11-9-7-2)39-32(20-25,38-5)28-22-40-31(36)33(28)21-24-15-17-26(37-4)18-16-24/h6-8,10,15-18,25,27-28H,1-2,9,11-14,19-22H2,3-5H3,(H,34,35)/b10-8+,29-23-/t25-,27-,28+,32-/m1/s1. The van der Waals surface area contributed by atoms with Gasteiger partial charge in [0, 0.05) is 31.4 Å². The summed E-state index contributed by atoms with van der Waals surface area (Å²) >= 11 is 1.25. The Bertz CT molecular complexity index is 1100. The third-order valence-corrected chi connectivity index (χ3v) is 8.74. The van der Waals surface area contributed by atoms with Crippen molar-refractivity contribution in [2.75, 3.05) is 20.0 Å². The van der Waals surface area contributed by atoms with Crippen molar-refractivity contribution in [2.45, 2.75) is 76.3 Å². The Labute approximate surface area is 242 Å². The van der Waals surface area contributed by atoms with Gasteiger partial charge in [0.2, 0.25) is 0 Å². The van der Waals surface area contributed by atoms with Crippen LogP contribution in [0.25, 0.3) is 0 Å². The molecule has 2 saturated heterocycles. The second kappa shape index (κ2) is 15.3. The van der Waals surface area contributed by atoms with Crippen LogP contribution in [0.3, 0.4) is 0 Å². The third kappa shape index (κ3) is 7.89. The highest BCUT2D eigenvalue weighted by molar-refractivity contribution is 8.13. The summed E-state index contributed by atoms with van der Waals surface area (Å²) in [4.78, 5) is 27.6. The zero-order valence-electron chi connectivity index (χ0n) is 24.0. The number of carbonyl (C=O) groups excluding carboxylic acids is 1. The van der Waals surface area contributed by atoms with Gasteiger partial charge in [0.15, 0.2) is 5.79 Å². The average Bonchev–Trinajstić information content (AvgIpc) is 3.31. The lowest BCUT2D eigenvalue weighted by atomic mass is 9.78. The minimum absolute atomic E-state index is 0.0367. The molecule has 0 bridgehead atoms. The number of aliphatic carboxylic acids is 1. The first-order valence-electron chi connectivity index (χ1n) is 13.9. The maximum atomic E-state index is 13.1. The van der Waals surface area contributed by atoms with E-state index in [0.717, 1.165) is 42.6 Å². The van der Waals surface area contributed by atoms with E-state index in [0.29, 0.717) is 37.1 Å². The first-order valence-corrected chi connectivity index (χ1v) is 14.9. The molecular weight excluding hydrogens is 526 g/mol. The number of amides is 1. The fourth-order valence-electron chi connectivity index (χ4n) is 5.74. The van der Waals surface area contributed by atoms with Crippen molar-refractivity contribution in [3.63, 3.8) is 0 Å². The normalized spacial score (nSPS) is 25.6. The lowest BCUT2D eigenvalue weighted by Gasteiger charge is -2.49. The highest BCUT2D eigenvalue weighted by Gasteiger charge is 2.54. The fourth-order valence-corrected chi connectivity index (χ4v) is 6.83. The molecule has 3 rings (SSSR count). The number of methoxy groups -OCH3 is 2. The molecule has 1 N–H and O–H groups in total. The van der Waals surface area contributed by atoms with Crippen LogP contribution in [-0.2, 0) is 20.8 Å². The fraction of sp³-hybridized carbons (Fsp3) is 0.500. The number of allylic oxidation sites excluding steroid dienone is 5. The van der Waals surface area contributed by atoms with Crippen LogP contribution in [0.4, 0.5) is 4.79 Å². The lowest BCUT2D eigenvalue weighted by molar-refractivity contribution is -0.297. The van der Waals surface area contributed by atoms with Crippen LogP contribution in [0.5, 0.6) is 5.75 Å². The SMILES string of the molecule is C=C/C=C/CC/C(C)=C(\C(=O)O)[C@@H]1C[C@@H](CCCC=C)O[C@@](OC)([C@@H]2CSC(=O)N2Cc2ccc(OC)cc2)C1. The molecule has 40 heavy (non-hydrogen) atoms. The second-order valence-electron chi connectivity index (χ2n) is 10.4. The van der Waals surface area contributed by atoms with Crippen LogP contribution in [0.2, 0.25) is 0 Å². The van der Waals surface area contributed by atoms with Crippen molar-refractivity contribution in [3.8, 4) is 5.75 Å². The Morgan fingerprint density at radius 1 is 1.25 bits per heavy atom. The number of rotatable bonds is 15. The average molecular weight is 570 g/mol. The molecule has 2 aliphatic rings. The summed E-state index contributed by atoms with van der Waals surface area (Å²) in [6, 6.07) is 7.29. The van der Waals surface area contributed by atoms with Crippen molar-refractivity contribution in [3.05, 3.63) is 78.4 Å². The Morgan fingerprint density at radius 2 is 2.00 bits per heavy atom. The number of carboxylic acid groups (broad SMARTS) is 1. The van der Waals surface area contributed by atoms with Gasteiger partial charge in [0.25, 0.3) is 5.24 Å². The number of benzene rings is 1. The highest BCUT2D eigenvalue weighted by Crippen LogP contribution is 2.46. The molecule has 2 heterocycles. The van der Waals surface area contributed by atoms with Crippen LogP contribution in [0.15, 0.2) is 72.9 Å². The summed E-state index contributed by atoms with van der Waals surface area (Å²) in [6.07, 6.45) is 12.1. The molecule has 1 aromatic rings. The van der Waals surface area contributed by atoms with E-state index in [9.17, 15) is 14.7 Å². The molecule has 0 radical (unpaired) electrons. The Balaban J connectivity index is 1.96. The van der Waals surface area contributed by atoms with Gasteiger partial charge < -0.3 is 24.2 Å². The molecular formula is C32H43NO6S. The minimum atomic E-state index is -1.13. The summed E-state index contributed by atoms with van der Waals surface area (Å²) in [5.74, 6) is -1.05. The van der Waals surface area contributed by atoms with Crippen LogP contribution in [0, 0.1) is 5.92 Å². The molecule has 0 saturated carbocycles. The van der Waals surface area contributed by atoms with Crippen molar-refractivity contribution in [1.82, 2.24) is 4.90 Å². The zero-order chi connectivity index (χ0) is 29.1. The lowest BCUT2D eigenvalue weighted by Crippen LogP contribution is -2.59. The number of nitrogens with zero attached hydrogens (tertiary/aromatic N) is 1. The van der Waals surface area contributed by atoms with Crippen molar-refractivity contribution >= 4 is 23.0 Å². The molecule has 4 atom stereocenters. The van der Waals surface area contributed by atoms with Gasteiger partial charge in [-0.2, -0.15) is 0 Å². The Morgan fingerprint density at radius 3 is 2.62 bits per heavy atom. The number of hydrogen-bond donors (Lipinski definition) is 1. The number of thioether (sulfide) groups is 1. The molecule has 2 aliphatic heterocycles. The largest absolute Gasteiger partial charge is 0.497 e. The van der Waals surface area contributed by atoms with Gasteiger partial charge in [0.05, 0.1) is 19.3 Å². The van der Waals surface area contributed by atoms with E-state index in [1.807, 2.05) is 54.3 Å². The van der Waals surface area contributed by atoms with E-state index in [-0.39, 0.29) is 23.3 Å². The number of hydrogen-bond acceptors (Lipinski definition) is 6. The summed E-state index contributed by atoms with van der Waals surface area (Å²) in [7, 11) is 3.23. The summed E-state index contributed by atoms with van der Waals surface area (Å²) in [6.45, 7) is 9.84. The summed E-state index contributed by atoms with van der Waals surface area (Å²) in [5.41, 5.74) is 2.26. The summed E-state index contributed by atoms with van der Waals surface area (Å²) in [5, 5.41) is 10.3. The van der Waals surface area contributed by atoms with E-state index in [2.05, 4.69) is 13.2 Å². The predicted octanol–water partition coefficient (Wildman–Crippen LogP) is 7.15. The van der Waals surface area contributed by atoms with Gasteiger partial charge in [-0.15, -0.1) is 6.58 Å². The summed E-state index contributed by atoms with van der Waals surface area (Å²) < 4.78 is 18.2. The zero-order valence-corrected chi connectivity index (χ0v) is 24.8. The highest BCUT2D eigenvalue weighted by atomic mass is 32.2. The first-order chi connectivity index (χ1) is 19.3. The molecule has 1 aromatic carbocycles. The van der Waals surface area contributed by atoms with Crippen molar-refractivity contribution in [1.29, 1.82) is 0 Å². The van der Waals surface area contributed by atoms with Gasteiger partial charge in [-0.05, 0) is 69.1 Å². The number of unbranched alkanes of at least 4 members (excludes halogenated alkanes) is 1. The molecule has 0 aromatic heterocycles. The van der Waals surface area contributed by atoms with Crippen LogP contribution >= 0.6 is 11.8 Å². The molecule has 8 heteroatoms. The van der Waals surface area contributed by atoms with Gasteiger partial charge in [0.1, 0.15) is 5.75 Å². The number of carboxylic acids is 1. The Kier molecular flexibility index (Phi) is 12.1. The number of ether oxygens (including phenoxy) is 3. The topological polar surface area (TPSA) is 85.3 Å². The monoisotopic (exact) mass is 569 g/mol. The second-order valence-corrected chi connectivity index (χ2v) is 11.4. The quantitative estimate of drug-likeness (QED) is 0.104. The van der Waals surface area contributed by atoms with Gasteiger partial charge >= 0.3 is 5.97 Å². The minimum Gasteiger partial charge on any atom is -0.497 e. The molecule has 2 fully saturated rings. The molecule has 0 unspecified atom stereocenters. The van der Waals surface area contributed by atoms with Crippen LogP contribution < -0.4 is 4.74 Å². The van der Waals surface area contributed by atoms with Gasteiger partial charge in [-0.1, -0.05) is 60.4 Å². The van der Waals surface area contributed by atoms with Crippen molar-refractivity contribution in [2.24, 2.45) is 5.92 Å². The maximum Gasteiger partial charge on any atom is 0.331 e. The van der Waals surface area contributed by atoms with E-state index in [1.54, 1.807) is 20.3 Å². The maximum absolute atomic E-state index is 13.1. The third-order valence-electron chi connectivity index (χ3n) is 7.78. The van der Waals surface area contributed by atoms with Crippen molar-refractivity contribution < 1.29 is 28.9 Å². The predicted molar refractivity (Wildman–Crippen MR) is 160 cm³/mol. The van der Waals surface area contributed by atoms with Gasteiger partial charge in [-0.25, -0.2) is 4.79 Å². The number of carbonyl (C=O) groups is 2. The van der Waals surface area contributed by atoms with Gasteiger partial charge in [-0.3, -0.25) is 4.79 Å². The molecule has 7 nitrogen and oxygen atoms in total. The molecule has 0 spiro atoms.